The van der Waals surface area contributed by atoms with Crippen molar-refractivity contribution >= 4 is 22.9 Å². The molecule has 2 rings (SSSR count). The van der Waals surface area contributed by atoms with Crippen molar-refractivity contribution in [3.63, 3.8) is 0 Å². The van der Waals surface area contributed by atoms with Crippen molar-refractivity contribution in [3.8, 4) is 0 Å². The zero-order valence-electron chi connectivity index (χ0n) is 14.0. The van der Waals surface area contributed by atoms with Crippen molar-refractivity contribution in [2.24, 2.45) is 0 Å². The Bertz CT molecular complexity index is 704. The second-order valence-corrected chi connectivity index (χ2v) is 5.91. The highest BCUT2D eigenvalue weighted by Gasteiger charge is 2.14. The van der Waals surface area contributed by atoms with Crippen molar-refractivity contribution in [1.82, 2.24) is 0 Å². The van der Waals surface area contributed by atoms with Gasteiger partial charge in [-0.05, 0) is 36.4 Å². The van der Waals surface area contributed by atoms with E-state index in [1.54, 1.807) is 18.2 Å². The molecule has 4 heteroatoms. The monoisotopic (exact) mass is 310 g/mol. The Morgan fingerprint density at radius 3 is 1.87 bits per heavy atom. The van der Waals surface area contributed by atoms with Gasteiger partial charge in [-0.3, -0.25) is 9.59 Å². The molecule has 0 aliphatic rings. The minimum Gasteiger partial charge on any atom is -0.378 e. The number of benzene rings is 2. The van der Waals surface area contributed by atoms with Gasteiger partial charge in [-0.15, -0.1) is 0 Å². The second-order valence-electron chi connectivity index (χ2n) is 5.91. The highest BCUT2D eigenvalue weighted by Crippen LogP contribution is 2.17. The fraction of sp³-hybridized carbons (Fsp3) is 0.263. The van der Waals surface area contributed by atoms with Gasteiger partial charge in [0.05, 0.1) is 6.42 Å². The van der Waals surface area contributed by atoms with Crippen LogP contribution in [0.2, 0.25) is 0 Å². The third kappa shape index (κ3) is 4.19. The third-order valence-corrected chi connectivity index (χ3v) is 3.71. The van der Waals surface area contributed by atoms with Crippen LogP contribution in [0.25, 0.3) is 0 Å². The van der Waals surface area contributed by atoms with E-state index in [0.29, 0.717) is 11.1 Å². The number of hydrogen-bond donors (Lipinski definition) is 0. The maximum atomic E-state index is 12.3. The average Bonchev–Trinajstić information content (AvgIpc) is 2.54. The summed E-state index contributed by atoms with van der Waals surface area (Å²) in [4.78, 5) is 28.5. The molecular formula is C19H22N2O2. The Kier molecular flexibility index (Phi) is 5.16. The van der Waals surface area contributed by atoms with Crippen LogP contribution >= 0.6 is 0 Å². The van der Waals surface area contributed by atoms with Crippen molar-refractivity contribution in [2.75, 3.05) is 38.0 Å². The van der Waals surface area contributed by atoms with Crippen molar-refractivity contribution in [3.05, 3.63) is 59.7 Å². The molecule has 0 aliphatic carbocycles. The molecule has 0 fully saturated rings. The molecule has 4 nitrogen and oxygen atoms in total. The van der Waals surface area contributed by atoms with Gasteiger partial charge in [0, 0.05) is 50.7 Å². The summed E-state index contributed by atoms with van der Waals surface area (Å²) in [6, 6.07) is 14.6. The van der Waals surface area contributed by atoms with E-state index in [4.69, 9.17) is 0 Å². The lowest BCUT2D eigenvalue weighted by molar-refractivity contribution is 0.0894. The van der Waals surface area contributed by atoms with Crippen LogP contribution in [0.4, 0.5) is 11.4 Å². The van der Waals surface area contributed by atoms with E-state index in [1.165, 1.54) is 0 Å². The van der Waals surface area contributed by atoms with Crippen molar-refractivity contribution < 1.29 is 9.59 Å². The first-order valence-electron chi connectivity index (χ1n) is 7.49. The summed E-state index contributed by atoms with van der Waals surface area (Å²) in [7, 11) is 7.72. The van der Waals surface area contributed by atoms with Gasteiger partial charge in [0.1, 0.15) is 0 Å². The van der Waals surface area contributed by atoms with Gasteiger partial charge < -0.3 is 9.80 Å². The van der Waals surface area contributed by atoms with Crippen LogP contribution in [0.5, 0.6) is 0 Å². The molecule has 23 heavy (non-hydrogen) atoms. The molecule has 0 bridgehead atoms. The summed E-state index contributed by atoms with van der Waals surface area (Å²) in [5.74, 6) is -0.314. The Hall–Kier alpha value is -2.62. The molecular weight excluding hydrogens is 288 g/mol. The summed E-state index contributed by atoms with van der Waals surface area (Å²) in [6.07, 6.45) is -0.113. The Morgan fingerprint density at radius 2 is 1.30 bits per heavy atom. The first-order chi connectivity index (χ1) is 10.9. The van der Waals surface area contributed by atoms with E-state index in [2.05, 4.69) is 0 Å². The molecule has 0 atom stereocenters. The molecule has 0 saturated heterocycles. The molecule has 0 aromatic heterocycles. The number of carbonyl (C=O) groups excluding carboxylic acids is 2. The molecule has 0 aliphatic heterocycles. The number of ketones is 2. The van der Waals surface area contributed by atoms with Gasteiger partial charge in [-0.1, -0.05) is 12.1 Å². The van der Waals surface area contributed by atoms with Crippen molar-refractivity contribution in [1.29, 1.82) is 0 Å². The first-order valence-corrected chi connectivity index (χ1v) is 7.49. The number of Topliss-reactive ketones (excluding diaryl/α,β-unsaturated/α-hetero) is 2. The highest BCUT2D eigenvalue weighted by molar-refractivity contribution is 6.13. The fourth-order valence-corrected chi connectivity index (χ4v) is 2.25. The molecule has 120 valence electrons. The molecule has 2 aromatic carbocycles. The minimum absolute atomic E-state index is 0.113. The van der Waals surface area contributed by atoms with Gasteiger partial charge in [0.15, 0.2) is 11.6 Å². The van der Waals surface area contributed by atoms with E-state index in [0.717, 1.165) is 11.4 Å². The average molecular weight is 310 g/mol. The Morgan fingerprint density at radius 1 is 0.739 bits per heavy atom. The summed E-state index contributed by atoms with van der Waals surface area (Å²) < 4.78 is 0. The first kappa shape index (κ1) is 16.7. The fourth-order valence-electron chi connectivity index (χ4n) is 2.25. The zero-order chi connectivity index (χ0) is 17.0. The minimum atomic E-state index is -0.157. The van der Waals surface area contributed by atoms with Crippen LogP contribution in [0, 0.1) is 0 Å². The van der Waals surface area contributed by atoms with Crippen molar-refractivity contribution in [2.45, 2.75) is 6.42 Å². The Balaban J connectivity index is 2.10. The third-order valence-electron chi connectivity index (χ3n) is 3.71. The molecule has 0 saturated carbocycles. The zero-order valence-corrected chi connectivity index (χ0v) is 14.0. The number of carbonyl (C=O) groups is 2. The lowest BCUT2D eigenvalue weighted by Crippen LogP contribution is -2.12. The second kappa shape index (κ2) is 7.09. The van der Waals surface area contributed by atoms with Gasteiger partial charge in [0.2, 0.25) is 0 Å². The largest absolute Gasteiger partial charge is 0.378 e. The quantitative estimate of drug-likeness (QED) is 0.606. The van der Waals surface area contributed by atoms with Crippen LogP contribution in [0.3, 0.4) is 0 Å². The van der Waals surface area contributed by atoms with E-state index in [-0.39, 0.29) is 18.0 Å². The smallest absolute Gasteiger partial charge is 0.170 e. The summed E-state index contributed by atoms with van der Waals surface area (Å²) >= 11 is 0. The molecule has 0 amide bonds. The van der Waals surface area contributed by atoms with Crippen LogP contribution < -0.4 is 9.80 Å². The molecule has 0 N–H and O–H groups in total. The standard InChI is InChI=1S/C19H22N2O2/c1-20(2)16-10-8-14(9-11-16)18(22)13-19(23)15-6-5-7-17(12-15)21(3)4/h5-12H,13H2,1-4H3. The predicted octanol–water partition coefficient (Wildman–Crippen LogP) is 3.27. The molecule has 0 radical (unpaired) electrons. The molecule has 0 heterocycles. The van der Waals surface area contributed by atoms with E-state index in [9.17, 15) is 9.59 Å². The van der Waals surface area contributed by atoms with Crippen LogP contribution in [-0.4, -0.2) is 39.8 Å². The van der Waals surface area contributed by atoms with Crippen LogP contribution in [-0.2, 0) is 0 Å². The molecule has 0 spiro atoms. The number of rotatable bonds is 6. The SMILES string of the molecule is CN(C)c1ccc(C(=O)CC(=O)c2cccc(N(C)C)c2)cc1. The maximum absolute atomic E-state index is 12.3. The van der Waals surface area contributed by atoms with Gasteiger partial charge in [-0.2, -0.15) is 0 Å². The van der Waals surface area contributed by atoms with E-state index in [1.807, 2.05) is 68.3 Å². The summed E-state index contributed by atoms with van der Waals surface area (Å²) in [5, 5.41) is 0. The molecule has 2 aromatic rings. The predicted molar refractivity (Wildman–Crippen MR) is 94.8 cm³/mol. The summed E-state index contributed by atoms with van der Waals surface area (Å²) in [6.45, 7) is 0. The number of nitrogens with zero attached hydrogens (tertiary/aromatic N) is 2. The van der Waals surface area contributed by atoms with Crippen LogP contribution in [0.15, 0.2) is 48.5 Å². The summed E-state index contributed by atoms with van der Waals surface area (Å²) in [5.41, 5.74) is 3.09. The highest BCUT2D eigenvalue weighted by atomic mass is 16.1. The lowest BCUT2D eigenvalue weighted by Gasteiger charge is -2.13. The maximum Gasteiger partial charge on any atom is 0.170 e. The Labute approximate surface area is 137 Å². The normalized spacial score (nSPS) is 10.3. The number of anilines is 2. The number of hydrogen-bond acceptors (Lipinski definition) is 4. The van der Waals surface area contributed by atoms with Gasteiger partial charge in [-0.25, -0.2) is 0 Å². The van der Waals surface area contributed by atoms with E-state index >= 15 is 0 Å². The van der Waals surface area contributed by atoms with Gasteiger partial charge >= 0.3 is 0 Å². The topological polar surface area (TPSA) is 40.6 Å². The van der Waals surface area contributed by atoms with Gasteiger partial charge in [0.25, 0.3) is 0 Å². The lowest BCUT2D eigenvalue weighted by atomic mass is 10.0. The van der Waals surface area contributed by atoms with E-state index < -0.39 is 0 Å². The molecule has 0 unspecified atom stereocenters. The van der Waals surface area contributed by atoms with Crippen LogP contribution in [0.1, 0.15) is 27.1 Å².